The lowest BCUT2D eigenvalue weighted by molar-refractivity contribution is -0.385. The van der Waals surface area contributed by atoms with Gasteiger partial charge in [-0.05, 0) is 6.07 Å². The molecule has 0 saturated carbocycles. The predicted molar refractivity (Wildman–Crippen MR) is 47.1 cm³/mol. The standard InChI is InChI=1S/C8H5NO4.H2O/c10-5-8(11)6-3-1-2-4-7(6)9(12)13;/h1-5H;1H2. The van der Waals surface area contributed by atoms with Gasteiger partial charge in [-0.15, -0.1) is 0 Å². The van der Waals surface area contributed by atoms with Crippen LogP contribution in [0.5, 0.6) is 0 Å². The maximum atomic E-state index is 10.9. The van der Waals surface area contributed by atoms with Gasteiger partial charge in [-0.3, -0.25) is 19.7 Å². The number of hydrogen-bond acceptors (Lipinski definition) is 4. The molecule has 1 rings (SSSR count). The number of nitrogens with zero attached hydrogens (tertiary/aromatic N) is 1. The van der Waals surface area contributed by atoms with Crippen LogP contribution in [0.1, 0.15) is 10.4 Å². The molecule has 0 aliphatic rings. The Kier molecular flexibility index (Phi) is 4.11. The van der Waals surface area contributed by atoms with Crippen molar-refractivity contribution in [3.63, 3.8) is 0 Å². The predicted octanol–water partition coefficient (Wildman–Crippen LogP) is 0.152. The smallest absolute Gasteiger partial charge is 0.280 e. The number of hydrogen-bond donors (Lipinski definition) is 0. The van der Waals surface area contributed by atoms with Crippen LogP contribution in [0.3, 0.4) is 0 Å². The van der Waals surface area contributed by atoms with E-state index >= 15 is 0 Å². The molecule has 6 nitrogen and oxygen atoms in total. The summed E-state index contributed by atoms with van der Waals surface area (Å²) in [7, 11) is 0. The molecule has 0 unspecified atom stereocenters. The number of carbonyl (C=O) groups excluding carboxylic acids is 2. The van der Waals surface area contributed by atoms with Gasteiger partial charge >= 0.3 is 0 Å². The lowest BCUT2D eigenvalue weighted by atomic mass is 10.1. The van der Waals surface area contributed by atoms with Crippen LogP contribution in [0.2, 0.25) is 0 Å². The van der Waals surface area contributed by atoms with Crippen LogP contribution in [0.15, 0.2) is 24.3 Å². The summed E-state index contributed by atoms with van der Waals surface area (Å²) in [6.07, 6.45) is 0.0579. The monoisotopic (exact) mass is 197 g/mol. The van der Waals surface area contributed by atoms with Crippen molar-refractivity contribution in [1.29, 1.82) is 0 Å². The van der Waals surface area contributed by atoms with Crippen molar-refractivity contribution >= 4 is 17.8 Å². The molecule has 0 aliphatic heterocycles. The van der Waals surface area contributed by atoms with Gasteiger partial charge in [-0.1, -0.05) is 12.1 Å². The van der Waals surface area contributed by atoms with E-state index in [2.05, 4.69) is 0 Å². The summed E-state index contributed by atoms with van der Waals surface area (Å²) in [5.41, 5.74) is -0.526. The molecule has 0 bridgehead atoms. The largest absolute Gasteiger partial charge is 0.412 e. The van der Waals surface area contributed by atoms with Crippen LogP contribution in [0.25, 0.3) is 0 Å². The number of para-hydroxylation sites is 1. The van der Waals surface area contributed by atoms with Crippen LogP contribution < -0.4 is 0 Å². The molecule has 2 N–H and O–H groups in total. The SMILES string of the molecule is O.O=CC(=O)c1ccccc1[N+](=O)[O-]. The Balaban J connectivity index is 0.00000169. The Morgan fingerprint density at radius 2 is 1.93 bits per heavy atom. The van der Waals surface area contributed by atoms with E-state index < -0.39 is 10.7 Å². The fourth-order valence-corrected chi connectivity index (χ4v) is 0.905. The zero-order chi connectivity index (χ0) is 9.84. The molecule has 0 aliphatic carbocycles. The number of benzene rings is 1. The van der Waals surface area contributed by atoms with E-state index in [-0.39, 0.29) is 23.0 Å². The van der Waals surface area contributed by atoms with E-state index in [1.54, 1.807) is 0 Å². The number of ketones is 1. The van der Waals surface area contributed by atoms with E-state index in [1.807, 2.05) is 0 Å². The maximum absolute atomic E-state index is 10.9. The number of carbonyl (C=O) groups is 2. The van der Waals surface area contributed by atoms with Crippen LogP contribution in [-0.2, 0) is 4.79 Å². The zero-order valence-electron chi connectivity index (χ0n) is 6.97. The van der Waals surface area contributed by atoms with Crippen molar-refractivity contribution in [2.24, 2.45) is 0 Å². The molecule has 0 aromatic heterocycles. The Morgan fingerprint density at radius 3 is 2.43 bits per heavy atom. The van der Waals surface area contributed by atoms with Crippen molar-refractivity contribution in [1.82, 2.24) is 0 Å². The van der Waals surface area contributed by atoms with Gasteiger partial charge in [0.2, 0.25) is 5.78 Å². The van der Waals surface area contributed by atoms with E-state index in [1.165, 1.54) is 24.3 Å². The average Bonchev–Trinajstić information content (AvgIpc) is 2.16. The molecule has 6 heteroatoms. The van der Waals surface area contributed by atoms with E-state index in [0.717, 1.165) is 0 Å². The third-order valence-electron chi connectivity index (χ3n) is 1.47. The van der Waals surface area contributed by atoms with Crippen LogP contribution >= 0.6 is 0 Å². The molecular formula is C8H7NO5. The molecule has 74 valence electrons. The minimum absolute atomic E-state index is 0. The molecular weight excluding hydrogens is 190 g/mol. The molecule has 0 saturated heterocycles. The summed E-state index contributed by atoms with van der Waals surface area (Å²) >= 11 is 0. The minimum atomic E-state index is -0.882. The third-order valence-corrected chi connectivity index (χ3v) is 1.47. The first-order valence-corrected chi connectivity index (χ1v) is 3.39. The fraction of sp³-hybridized carbons (Fsp3) is 0. The maximum Gasteiger partial charge on any atom is 0.280 e. The van der Waals surface area contributed by atoms with Crippen LogP contribution in [0.4, 0.5) is 5.69 Å². The van der Waals surface area contributed by atoms with Gasteiger partial charge in [0.1, 0.15) is 5.56 Å². The van der Waals surface area contributed by atoms with Gasteiger partial charge in [-0.25, -0.2) is 0 Å². The molecule has 0 fully saturated rings. The highest BCUT2D eigenvalue weighted by molar-refractivity contribution is 6.34. The van der Waals surface area contributed by atoms with E-state index in [4.69, 9.17) is 0 Å². The van der Waals surface area contributed by atoms with Gasteiger partial charge in [0, 0.05) is 6.07 Å². The summed E-state index contributed by atoms with van der Waals surface area (Å²) in [6, 6.07) is 5.31. The highest BCUT2D eigenvalue weighted by Gasteiger charge is 2.17. The van der Waals surface area contributed by atoms with Crippen molar-refractivity contribution in [3.8, 4) is 0 Å². The molecule has 1 aromatic carbocycles. The highest BCUT2D eigenvalue weighted by Crippen LogP contribution is 2.17. The first kappa shape index (κ1) is 11.9. The van der Waals surface area contributed by atoms with Gasteiger partial charge < -0.3 is 5.48 Å². The van der Waals surface area contributed by atoms with Crippen molar-refractivity contribution in [2.75, 3.05) is 0 Å². The van der Waals surface area contributed by atoms with Gasteiger partial charge in [0.05, 0.1) is 4.92 Å². The Morgan fingerprint density at radius 1 is 1.36 bits per heavy atom. The third kappa shape index (κ3) is 2.20. The zero-order valence-corrected chi connectivity index (χ0v) is 6.97. The molecule has 0 heterocycles. The molecule has 0 radical (unpaired) electrons. The van der Waals surface area contributed by atoms with Crippen molar-refractivity contribution < 1.29 is 20.0 Å². The summed E-state index contributed by atoms with van der Waals surface area (Å²) in [5, 5.41) is 10.4. The van der Waals surface area contributed by atoms with E-state index in [9.17, 15) is 19.7 Å². The second-order valence-electron chi connectivity index (χ2n) is 2.26. The Labute approximate surface area is 78.6 Å². The number of nitro groups is 1. The number of rotatable bonds is 3. The quantitative estimate of drug-likeness (QED) is 0.226. The lowest BCUT2D eigenvalue weighted by Crippen LogP contribution is -2.04. The molecule has 1 aromatic rings. The molecule has 0 atom stereocenters. The number of aldehydes is 1. The molecule has 14 heavy (non-hydrogen) atoms. The van der Waals surface area contributed by atoms with Gasteiger partial charge in [0.25, 0.3) is 5.69 Å². The van der Waals surface area contributed by atoms with E-state index in [0.29, 0.717) is 0 Å². The van der Waals surface area contributed by atoms with Crippen LogP contribution in [-0.4, -0.2) is 22.5 Å². The Hall–Kier alpha value is -2.08. The average molecular weight is 197 g/mol. The van der Waals surface area contributed by atoms with Crippen molar-refractivity contribution in [3.05, 3.63) is 39.9 Å². The second kappa shape index (κ2) is 4.83. The summed E-state index contributed by atoms with van der Waals surface area (Å²) < 4.78 is 0. The first-order valence-electron chi connectivity index (χ1n) is 3.39. The Bertz CT molecular complexity index is 374. The molecule has 0 amide bonds. The second-order valence-corrected chi connectivity index (χ2v) is 2.26. The topological polar surface area (TPSA) is 109 Å². The highest BCUT2D eigenvalue weighted by atomic mass is 16.6. The normalized spacial score (nSPS) is 8.57. The first-order chi connectivity index (χ1) is 6.16. The summed E-state index contributed by atoms with van der Waals surface area (Å²) in [5.74, 6) is -0.882. The minimum Gasteiger partial charge on any atom is -0.412 e. The lowest BCUT2D eigenvalue weighted by Gasteiger charge is -1.95. The summed E-state index contributed by atoms with van der Waals surface area (Å²) in [6.45, 7) is 0. The number of nitro benzene ring substituents is 1. The molecule has 0 spiro atoms. The summed E-state index contributed by atoms with van der Waals surface area (Å²) in [4.78, 5) is 30.7. The fourth-order valence-electron chi connectivity index (χ4n) is 0.905. The van der Waals surface area contributed by atoms with Crippen molar-refractivity contribution in [2.45, 2.75) is 0 Å². The number of Topliss-reactive ketones (excluding diaryl/α,β-unsaturated/α-hetero) is 1. The van der Waals surface area contributed by atoms with Gasteiger partial charge in [-0.2, -0.15) is 0 Å². The van der Waals surface area contributed by atoms with Crippen LogP contribution in [0, 0.1) is 10.1 Å². The van der Waals surface area contributed by atoms with Gasteiger partial charge in [0.15, 0.2) is 6.29 Å².